The van der Waals surface area contributed by atoms with Crippen LogP contribution in [0.15, 0.2) is 315 Å². The summed E-state index contributed by atoms with van der Waals surface area (Å²) >= 11 is 0. The molecule has 94 heavy (non-hydrogen) atoms. The zero-order chi connectivity index (χ0) is 62.0. The van der Waals surface area contributed by atoms with E-state index in [1.807, 2.05) is 86.9 Å². The molecule has 0 amide bonds. The molecule has 0 bridgehead atoms. The first kappa shape index (κ1) is 74.6. The van der Waals surface area contributed by atoms with Crippen molar-refractivity contribution in [1.82, 2.24) is 9.13 Å². The maximum Gasteiger partial charge on any atom is 1.00 e. The molecule has 0 saturated heterocycles. The zero-order valence-electron chi connectivity index (χ0n) is 51.5. The molecule has 2 nitrogen and oxygen atoms in total. The van der Waals surface area contributed by atoms with Gasteiger partial charge in [0.1, 0.15) is 74.1 Å². The summed E-state index contributed by atoms with van der Waals surface area (Å²) in [5.74, 6) is 12.1. The fourth-order valence-electron chi connectivity index (χ4n) is 11.7. The predicted molar refractivity (Wildman–Crippen MR) is 397 cm³/mol. The Hall–Kier alpha value is -6.84. The molecule has 0 saturated carbocycles. The van der Waals surface area contributed by atoms with E-state index in [1.165, 1.54) is 54.2 Å². The van der Waals surface area contributed by atoms with Crippen LogP contribution in [0.4, 0.5) is 0 Å². The van der Waals surface area contributed by atoms with Gasteiger partial charge in [0.2, 0.25) is 0 Å². The number of hydrogen-bond donors (Lipinski definition) is 0. The minimum absolute atomic E-state index is 0. The molecular formula is C84H66Au4N2P4+4. The first-order valence-electron chi connectivity index (χ1n) is 29.9. The number of aromatic nitrogens is 2. The Bertz CT molecular complexity index is 4220. The summed E-state index contributed by atoms with van der Waals surface area (Å²) in [5, 5.41) is 16.5. The van der Waals surface area contributed by atoms with Crippen LogP contribution in [0.2, 0.25) is 0 Å². The van der Waals surface area contributed by atoms with E-state index in [4.69, 9.17) is 25.7 Å². The number of benzene rings is 12. The molecule has 14 aromatic rings. The van der Waals surface area contributed by atoms with Crippen molar-refractivity contribution in [3.63, 3.8) is 0 Å². The first-order valence-corrected chi connectivity index (χ1v) is 36.8. The van der Waals surface area contributed by atoms with Gasteiger partial charge in [0.15, 0.2) is 11.8 Å². The predicted octanol–water partition coefficient (Wildman–Crippen LogP) is 15.8. The third-order valence-electron chi connectivity index (χ3n) is 16.3. The van der Waals surface area contributed by atoms with E-state index in [2.05, 4.69) is 275 Å². The number of aryl methyl sites for hydroxylation is 2. The second-order valence-electron chi connectivity index (χ2n) is 21.7. The zero-order valence-corrected chi connectivity index (χ0v) is 64.2. The first-order chi connectivity index (χ1) is 44.3. The Morgan fingerprint density at radius 3 is 0.628 bits per heavy atom. The molecule has 2 heterocycles. The molecular weight excluding hydrogens is 1950 g/mol. The topological polar surface area (TPSA) is 9.86 Å². The van der Waals surface area contributed by atoms with Crippen LogP contribution >= 0.6 is 31.7 Å². The summed E-state index contributed by atoms with van der Waals surface area (Å²) in [5.41, 5.74) is 7.47. The van der Waals surface area contributed by atoms with Crippen molar-refractivity contribution < 1.29 is 89.5 Å². The minimum Gasteiger partial charge on any atom is -0.366 e. The molecule has 0 aliphatic rings. The van der Waals surface area contributed by atoms with E-state index in [-0.39, 0.29) is 89.5 Å². The molecule has 0 unspecified atom stereocenters. The number of hydrogen-bond acceptors (Lipinski definition) is 0. The fourth-order valence-corrected chi connectivity index (χ4v) is 27.1. The largest absolute Gasteiger partial charge is 1.00 e. The third-order valence-corrected chi connectivity index (χ3v) is 30.2. The van der Waals surface area contributed by atoms with Crippen LogP contribution in [0.1, 0.15) is 22.3 Å². The van der Waals surface area contributed by atoms with Crippen LogP contribution in [-0.2, 0) is 104 Å². The van der Waals surface area contributed by atoms with Gasteiger partial charge in [-0.2, -0.15) is 0 Å². The van der Waals surface area contributed by atoms with Gasteiger partial charge >= 0.3 is 89.5 Å². The molecule has 0 atom stereocenters. The molecule has 14 rings (SSSR count). The van der Waals surface area contributed by atoms with Gasteiger partial charge in [-0.1, -0.05) is 170 Å². The van der Waals surface area contributed by atoms with Gasteiger partial charge in [-0.05, 0) is 108 Å². The Morgan fingerprint density at radius 1 is 0.234 bits per heavy atom. The van der Waals surface area contributed by atoms with Crippen LogP contribution in [0.3, 0.4) is 0 Å². The monoisotopic (exact) mass is 2010 g/mol. The van der Waals surface area contributed by atoms with Crippen molar-refractivity contribution >= 4 is 118 Å². The second kappa shape index (κ2) is 37.5. The quantitative estimate of drug-likeness (QED) is 0.0499. The fraction of sp³-hybridized carbons (Fsp3) is 0.0476. The van der Waals surface area contributed by atoms with Gasteiger partial charge < -0.3 is 34.8 Å². The normalized spacial score (nSPS) is 10.3. The third kappa shape index (κ3) is 18.4. The van der Waals surface area contributed by atoms with Gasteiger partial charge in [0.25, 0.3) is 0 Å². The van der Waals surface area contributed by atoms with Gasteiger partial charge in [-0.15, -0.1) is 70.8 Å². The number of rotatable bonds is 12. The minimum atomic E-state index is -0.847. The Morgan fingerprint density at radius 2 is 0.426 bits per heavy atom. The van der Waals surface area contributed by atoms with Crippen molar-refractivity contribution in [2.45, 2.75) is 0 Å². The van der Waals surface area contributed by atoms with Crippen LogP contribution in [0.5, 0.6) is 0 Å². The smallest absolute Gasteiger partial charge is 0.366 e. The Labute approximate surface area is 622 Å². The average Bonchev–Trinajstić information content (AvgIpc) is 1.62. The van der Waals surface area contributed by atoms with E-state index < -0.39 is 31.7 Å². The standard InChI is InChI=1S/2C25H22P2.2C17H9N.4Au/c2*1-5-13-22(14-6-1)26(23-15-7-2-8-16-23)21-27(24-17-9-3-10-18-24)25-19-11-4-12-20-25;2*1-4-12-7-9-16-15(10-12)14-8-6-13(5-2)11-17(14)18(16)3;;;;/h2*1-20H,21H2;2*6-11H,3H3;;;;/q;;2*-2;4*+1/p+4. The van der Waals surface area contributed by atoms with Crippen molar-refractivity contribution in [2.24, 2.45) is 14.1 Å². The van der Waals surface area contributed by atoms with Crippen LogP contribution in [0.25, 0.3) is 43.6 Å². The molecule has 0 spiro atoms. The van der Waals surface area contributed by atoms with Gasteiger partial charge in [0, 0.05) is 46.9 Å². The van der Waals surface area contributed by atoms with E-state index in [1.54, 1.807) is 0 Å². The van der Waals surface area contributed by atoms with Crippen molar-refractivity contribution in [1.29, 1.82) is 0 Å². The Balaban J connectivity index is 0.000000178. The summed E-state index contributed by atoms with van der Waals surface area (Å²) in [4.78, 5) is 0. The molecule has 0 aliphatic carbocycles. The maximum atomic E-state index is 7.21. The molecule has 10 heteroatoms. The van der Waals surface area contributed by atoms with Gasteiger partial charge in [0.05, 0.1) is 0 Å². The summed E-state index contributed by atoms with van der Waals surface area (Å²) in [6.45, 7) is 0. The summed E-state index contributed by atoms with van der Waals surface area (Å²) in [6, 6.07) is 112. The van der Waals surface area contributed by atoms with Crippen molar-refractivity contribution in [2.75, 3.05) is 11.8 Å². The molecule has 0 aliphatic heterocycles. The summed E-state index contributed by atoms with van der Waals surface area (Å²) in [6.07, 6.45) is 28.8. The summed E-state index contributed by atoms with van der Waals surface area (Å²) in [7, 11) is 0.623. The van der Waals surface area contributed by atoms with Crippen molar-refractivity contribution in [3.8, 4) is 23.7 Å². The number of fused-ring (bicyclic) bond motifs is 6. The maximum absolute atomic E-state index is 7.21. The molecule has 0 fully saturated rings. The number of nitrogens with zero attached hydrogens (tertiary/aromatic N) is 2. The average molecular weight is 2020 g/mol. The van der Waals surface area contributed by atoms with E-state index >= 15 is 0 Å². The van der Waals surface area contributed by atoms with Crippen LogP contribution in [0, 0.1) is 49.4 Å². The van der Waals surface area contributed by atoms with Crippen LogP contribution in [-0.4, -0.2) is 20.9 Å². The molecule has 472 valence electrons. The molecule has 2 aromatic heterocycles. The Kier molecular flexibility index (Phi) is 29.7. The van der Waals surface area contributed by atoms with Crippen molar-refractivity contribution in [3.05, 3.63) is 363 Å². The van der Waals surface area contributed by atoms with Crippen LogP contribution < -0.4 is 42.4 Å². The van der Waals surface area contributed by atoms with E-state index in [0.717, 1.165) is 65.9 Å². The van der Waals surface area contributed by atoms with E-state index in [0.29, 0.717) is 0 Å². The van der Waals surface area contributed by atoms with Gasteiger partial charge in [-0.3, -0.25) is 23.7 Å². The van der Waals surface area contributed by atoms with E-state index in [9.17, 15) is 0 Å². The van der Waals surface area contributed by atoms with Gasteiger partial charge in [-0.25, -0.2) is 0 Å². The molecule has 0 N–H and O–H groups in total. The SMILES string of the molecule is [Au+].[Au+].[Au+].[Au+].[C-]#Cc1ccc2c(c1)c1ccc(C#[C-])cc1n2C.[C-]#Cc1ccc2c(c1)c1ccc(C#[C-])cc1n2C.c1ccc([PH+](C[PH+](c2ccccc2)c2ccccc2)c2ccccc2)cc1.c1ccc([PH+](C[PH+](c2ccccc2)c2ccccc2)c2ccccc2)cc1. The molecule has 0 radical (unpaired) electrons. The second-order valence-corrected chi connectivity index (χ2v) is 33.0. The summed E-state index contributed by atoms with van der Waals surface area (Å²) < 4.78 is 4.19. The molecule has 12 aromatic carbocycles.